The maximum Gasteiger partial charge on any atom is 0.510 e. The van der Waals surface area contributed by atoms with E-state index in [-0.39, 0.29) is 13.2 Å². The van der Waals surface area contributed by atoms with Crippen LogP contribution >= 0.6 is 34.8 Å². The molecule has 0 spiro atoms. The Hall–Kier alpha value is -1.87. The minimum absolute atomic E-state index is 0.140. The van der Waals surface area contributed by atoms with Crippen LogP contribution in [-0.2, 0) is 41.5 Å². The molecule has 2 aromatic heterocycles. The van der Waals surface area contributed by atoms with Crippen molar-refractivity contribution in [1.29, 1.82) is 0 Å². The Balaban J connectivity index is 0.000000444. The normalized spacial score (nSPS) is 11.7. The van der Waals surface area contributed by atoms with E-state index in [0.29, 0.717) is 0 Å². The van der Waals surface area contributed by atoms with Crippen molar-refractivity contribution in [1.82, 2.24) is 9.13 Å². The number of carbonyl (C=O) groups excluding carboxylic acids is 2. The van der Waals surface area contributed by atoms with Crippen molar-refractivity contribution < 1.29 is 28.9 Å². The molecule has 0 aliphatic heterocycles. The molecule has 0 aliphatic carbocycles. The summed E-state index contributed by atoms with van der Waals surface area (Å²) >= 11 is 15.3. The lowest BCUT2D eigenvalue weighted by Crippen LogP contribution is -2.11. The molecule has 1 N–H and O–H groups in total. The first-order valence-corrected chi connectivity index (χ1v) is 9.58. The Morgan fingerprint density at radius 3 is 1.76 bits per heavy atom. The highest BCUT2D eigenvalue weighted by molar-refractivity contribution is 6.61. The number of rotatable bonds is 5. The number of hydrogen-bond acceptors (Lipinski definition) is 6. The summed E-state index contributed by atoms with van der Waals surface area (Å²) in [4.78, 5) is 20.6. The maximum absolute atomic E-state index is 10.9. The first-order chi connectivity index (χ1) is 13.5. The van der Waals surface area contributed by atoms with Crippen molar-refractivity contribution in [3.63, 3.8) is 0 Å². The summed E-state index contributed by atoms with van der Waals surface area (Å²) in [5.74, 6) is 0. The molecule has 2 unspecified atom stereocenters. The van der Waals surface area contributed by atoms with Gasteiger partial charge in [0.15, 0.2) is 11.1 Å². The van der Waals surface area contributed by atoms with Crippen LogP contribution in [0.1, 0.15) is 25.0 Å². The van der Waals surface area contributed by atoms with Gasteiger partial charge < -0.3 is 28.5 Å². The number of aromatic nitrogens is 2. The van der Waals surface area contributed by atoms with Crippen molar-refractivity contribution in [3.05, 3.63) is 48.0 Å². The zero-order valence-electron chi connectivity index (χ0n) is 16.5. The number of carbonyl (C=O) groups is 2. The number of ether oxygens (including phenoxy) is 3. The fourth-order valence-corrected chi connectivity index (χ4v) is 2.07. The van der Waals surface area contributed by atoms with Gasteiger partial charge in [-0.1, -0.05) is 23.2 Å². The molecular weight excluding hydrogens is 447 g/mol. The van der Waals surface area contributed by atoms with Crippen LogP contribution in [0.15, 0.2) is 36.9 Å². The van der Waals surface area contributed by atoms with Crippen LogP contribution in [-0.4, -0.2) is 37.0 Å². The lowest BCUT2D eigenvalue weighted by atomic mass is 10.4. The smallest absolute Gasteiger partial charge is 0.434 e. The van der Waals surface area contributed by atoms with Crippen LogP contribution < -0.4 is 0 Å². The second-order valence-corrected chi connectivity index (χ2v) is 7.16. The van der Waals surface area contributed by atoms with Crippen molar-refractivity contribution >= 4 is 46.4 Å². The number of nitrogens with zero attached hydrogens (tertiary/aromatic N) is 2. The number of hydrogen-bond donors (Lipinski definition) is 1. The third-order valence-corrected chi connectivity index (χ3v) is 3.11. The topological polar surface area (TPSA) is 91.9 Å². The highest BCUT2D eigenvalue weighted by Gasteiger charge is 2.07. The molecular formula is C18H25Cl3N2O6. The van der Waals surface area contributed by atoms with Crippen LogP contribution in [0.25, 0.3) is 0 Å². The minimum atomic E-state index is -0.873. The monoisotopic (exact) mass is 470 g/mol. The zero-order chi connectivity index (χ0) is 22.4. The SMILES string of the molecule is CC(Cl)OC(=O)Cl.CC(Cl)OC(=O)OCc1ccn(C)c1.Cn1ccc(CO)c1. The van der Waals surface area contributed by atoms with Gasteiger partial charge in [0.05, 0.1) is 6.61 Å². The summed E-state index contributed by atoms with van der Waals surface area (Å²) in [6, 6.07) is 3.75. The lowest BCUT2D eigenvalue weighted by molar-refractivity contribution is 0.0445. The quantitative estimate of drug-likeness (QED) is 0.385. The molecule has 0 bridgehead atoms. The van der Waals surface area contributed by atoms with Crippen molar-refractivity contribution in [2.45, 2.75) is 38.2 Å². The molecule has 0 saturated carbocycles. The second kappa shape index (κ2) is 15.0. The minimum Gasteiger partial charge on any atom is -0.434 e. The van der Waals surface area contributed by atoms with E-state index in [2.05, 4.69) is 9.47 Å². The predicted octanol–water partition coefficient (Wildman–Crippen LogP) is 4.73. The molecule has 0 aromatic carbocycles. The summed E-state index contributed by atoms with van der Waals surface area (Å²) in [5.41, 5.74) is -0.301. The van der Waals surface area contributed by atoms with Crippen LogP contribution in [0, 0.1) is 0 Å². The number of alkyl halides is 2. The summed E-state index contributed by atoms with van der Waals surface area (Å²) in [6.07, 6.45) is 6.77. The van der Waals surface area contributed by atoms with E-state index in [1.807, 2.05) is 60.1 Å². The van der Waals surface area contributed by atoms with Crippen LogP contribution in [0.2, 0.25) is 0 Å². The largest absolute Gasteiger partial charge is 0.510 e. The summed E-state index contributed by atoms with van der Waals surface area (Å²) in [6.45, 7) is 3.39. The summed E-state index contributed by atoms with van der Waals surface area (Å²) in [5, 5.41) is 8.54. The van der Waals surface area contributed by atoms with E-state index < -0.39 is 22.7 Å². The Bertz CT molecular complexity index is 731. The average Bonchev–Trinajstić information content (AvgIpc) is 3.20. The van der Waals surface area contributed by atoms with Crippen molar-refractivity contribution in [2.75, 3.05) is 0 Å². The molecule has 0 saturated heterocycles. The fourth-order valence-electron chi connectivity index (χ4n) is 1.74. The van der Waals surface area contributed by atoms with Gasteiger partial charge in [-0.2, -0.15) is 0 Å². The number of aliphatic hydroxyl groups excluding tert-OH is 1. The predicted molar refractivity (Wildman–Crippen MR) is 111 cm³/mol. The van der Waals surface area contributed by atoms with E-state index in [1.165, 1.54) is 6.92 Å². The number of aliphatic hydroxyl groups is 1. The van der Waals surface area contributed by atoms with Crippen molar-refractivity contribution in [3.8, 4) is 0 Å². The fraction of sp³-hybridized carbons (Fsp3) is 0.444. The van der Waals surface area contributed by atoms with Gasteiger partial charge in [-0.25, -0.2) is 9.59 Å². The number of halogens is 3. The molecule has 2 rings (SSSR count). The first-order valence-electron chi connectivity index (χ1n) is 8.33. The summed E-state index contributed by atoms with van der Waals surface area (Å²) < 4.78 is 17.3. The van der Waals surface area contributed by atoms with Crippen LogP contribution in [0.5, 0.6) is 0 Å². The Morgan fingerprint density at radius 1 is 1.00 bits per heavy atom. The van der Waals surface area contributed by atoms with Gasteiger partial charge in [0, 0.05) is 56.0 Å². The van der Waals surface area contributed by atoms with Gasteiger partial charge >= 0.3 is 11.6 Å². The molecule has 8 nitrogen and oxygen atoms in total. The van der Waals surface area contributed by atoms with Crippen LogP contribution in [0.4, 0.5) is 9.59 Å². The second-order valence-electron chi connectivity index (χ2n) is 5.63. The van der Waals surface area contributed by atoms with Gasteiger partial charge in [-0.15, -0.1) is 0 Å². The molecule has 2 heterocycles. The number of aryl methyl sites for hydroxylation is 2. The third kappa shape index (κ3) is 15.7. The highest BCUT2D eigenvalue weighted by Crippen LogP contribution is 2.04. The molecule has 2 aromatic rings. The summed E-state index contributed by atoms with van der Waals surface area (Å²) in [7, 11) is 3.82. The van der Waals surface area contributed by atoms with Gasteiger partial charge in [0.2, 0.25) is 0 Å². The Kier molecular flexibility index (Phi) is 14.1. The molecule has 0 amide bonds. The lowest BCUT2D eigenvalue weighted by Gasteiger charge is -2.05. The van der Waals surface area contributed by atoms with Crippen molar-refractivity contribution in [2.24, 2.45) is 14.1 Å². The molecule has 164 valence electrons. The van der Waals surface area contributed by atoms with E-state index >= 15 is 0 Å². The molecule has 2 atom stereocenters. The zero-order valence-corrected chi connectivity index (χ0v) is 18.8. The van der Waals surface area contributed by atoms with Crippen LogP contribution in [0.3, 0.4) is 0 Å². The van der Waals surface area contributed by atoms with Gasteiger partial charge in [-0.3, -0.25) is 0 Å². The third-order valence-electron chi connectivity index (χ3n) is 2.84. The maximum atomic E-state index is 10.9. The van der Waals surface area contributed by atoms with Gasteiger partial charge in [0.25, 0.3) is 0 Å². The molecule has 0 aliphatic rings. The first kappa shape index (κ1) is 27.1. The van der Waals surface area contributed by atoms with E-state index in [1.54, 1.807) is 6.92 Å². The van der Waals surface area contributed by atoms with Gasteiger partial charge in [0.1, 0.15) is 6.61 Å². The van der Waals surface area contributed by atoms with E-state index in [0.717, 1.165) is 11.1 Å². The van der Waals surface area contributed by atoms with Gasteiger partial charge in [-0.05, 0) is 31.5 Å². The molecule has 29 heavy (non-hydrogen) atoms. The van der Waals surface area contributed by atoms with E-state index in [4.69, 9.17) is 44.6 Å². The molecule has 0 radical (unpaired) electrons. The molecule has 11 heteroatoms. The van der Waals surface area contributed by atoms with E-state index in [9.17, 15) is 9.59 Å². The standard InChI is InChI=1S/C9H12ClNO3.C6H9NO.C3H4Cl2O2/c1-7(10)14-9(12)13-6-8-3-4-11(2)5-8;1-7-3-2-6(4-7)5-8;1-2(4)7-3(5)6/h3-5,7H,6H2,1-2H3;2-4,8H,5H2,1H3;2H,1H3. The Morgan fingerprint density at radius 2 is 1.48 bits per heavy atom. The Labute approximate surface area is 184 Å². The highest BCUT2D eigenvalue weighted by atomic mass is 35.5. The average molecular weight is 472 g/mol. The molecule has 0 fully saturated rings.